The van der Waals surface area contributed by atoms with Gasteiger partial charge in [-0.15, -0.1) is 0 Å². The molecule has 1 aromatic rings. The van der Waals surface area contributed by atoms with E-state index in [2.05, 4.69) is 22.3 Å². The largest absolute Gasteiger partial charge is 0.497 e. The van der Waals surface area contributed by atoms with Crippen LogP contribution in [0.3, 0.4) is 0 Å². The van der Waals surface area contributed by atoms with Gasteiger partial charge in [-0.25, -0.2) is 0 Å². The van der Waals surface area contributed by atoms with Crippen LogP contribution < -0.4 is 10.1 Å². The van der Waals surface area contributed by atoms with Gasteiger partial charge in [-0.05, 0) is 49.4 Å². The predicted octanol–water partition coefficient (Wildman–Crippen LogP) is 2.20. The third kappa shape index (κ3) is 4.15. The summed E-state index contributed by atoms with van der Waals surface area (Å²) < 4.78 is 11.2. The van der Waals surface area contributed by atoms with Gasteiger partial charge in [0.1, 0.15) is 5.75 Å². The van der Waals surface area contributed by atoms with E-state index in [1.807, 2.05) is 12.1 Å². The number of methoxy groups -OCH3 is 1. The third-order valence-electron chi connectivity index (χ3n) is 5.77. The molecule has 136 valence electrons. The first-order chi connectivity index (χ1) is 12.2. The lowest BCUT2D eigenvalue weighted by atomic mass is 9.83. The van der Waals surface area contributed by atoms with Crippen LogP contribution in [0.25, 0.3) is 0 Å². The molecule has 1 aromatic carbocycles. The fourth-order valence-electron chi connectivity index (χ4n) is 4.20. The molecule has 1 amide bonds. The summed E-state index contributed by atoms with van der Waals surface area (Å²) in [6.07, 6.45) is 4.07. The lowest BCUT2D eigenvalue weighted by Gasteiger charge is -2.35. The number of amides is 1. The van der Waals surface area contributed by atoms with E-state index < -0.39 is 0 Å². The fraction of sp³-hybridized carbons (Fsp3) is 0.650. The van der Waals surface area contributed by atoms with E-state index in [0.717, 1.165) is 51.3 Å². The van der Waals surface area contributed by atoms with Gasteiger partial charge in [0.2, 0.25) is 5.91 Å². The number of carbonyl (C=O) groups excluding carboxylic acids is 1. The highest BCUT2D eigenvalue weighted by Gasteiger charge is 2.41. The molecule has 3 fully saturated rings. The number of rotatable bonds is 6. The van der Waals surface area contributed by atoms with E-state index >= 15 is 0 Å². The molecule has 1 saturated carbocycles. The Morgan fingerprint density at radius 2 is 2.08 bits per heavy atom. The SMILES string of the molecule is COc1ccc(CN2CC[C@H]3[C@H](CO[C@H]3CC(=O)NC3CC3)C2)cc1. The molecule has 3 aliphatic rings. The van der Waals surface area contributed by atoms with Gasteiger partial charge in [-0.3, -0.25) is 9.69 Å². The van der Waals surface area contributed by atoms with Crippen molar-refractivity contribution in [3.05, 3.63) is 29.8 Å². The van der Waals surface area contributed by atoms with Crippen LogP contribution in [0.1, 0.15) is 31.2 Å². The molecule has 5 heteroatoms. The highest BCUT2D eigenvalue weighted by Crippen LogP contribution is 2.36. The van der Waals surface area contributed by atoms with Gasteiger partial charge < -0.3 is 14.8 Å². The number of piperidine rings is 1. The molecule has 4 rings (SSSR count). The van der Waals surface area contributed by atoms with Crippen LogP contribution in [0.2, 0.25) is 0 Å². The van der Waals surface area contributed by atoms with E-state index in [-0.39, 0.29) is 12.0 Å². The average molecular weight is 344 g/mol. The number of hydrogen-bond acceptors (Lipinski definition) is 4. The van der Waals surface area contributed by atoms with Crippen molar-refractivity contribution in [3.63, 3.8) is 0 Å². The number of hydrogen-bond donors (Lipinski definition) is 1. The summed E-state index contributed by atoms with van der Waals surface area (Å²) in [7, 11) is 1.70. The Labute approximate surface area is 149 Å². The van der Waals surface area contributed by atoms with Crippen molar-refractivity contribution in [3.8, 4) is 5.75 Å². The van der Waals surface area contributed by atoms with Crippen LogP contribution in [0.5, 0.6) is 5.75 Å². The number of carbonyl (C=O) groups is 1. The zero-order valence-corrected chi connectivity index (χ0v) is 14.9. The van der Waals surface area contributed by atoms with Crippen molar-refractivity contribution >= 4 is 5.91 Å². The second-order valence-electron chi connectivity index (χ2n) is 7.71. The number of benzene rings is 1. The minimum atomic E-state index is 0.117. The second-order valence-corrected chi connectivity index (χ2v) is 7.71. The lowest BCUT2D eigenvalue weighted by molar-refractivity contribution is -0.123. The van der Waals surface area contributed by atoms with Crippen LogP contribution in [0, 0.1) is 11.8 Å². The molecule has 0 bridgehead atoms. The number of fused-ring (bicyclic) bond motifs is 1. The van der Waals surface area contributed by atoms with Crippen molar-refractivity contribution in [1.29, 1.82) is 0 Å². The lowest BCUT2D eigenvalue weighted by Crippen LogP contribution is -2.42. The number of nitrogens with zero attached hydrogens (tertiary/aromatic N) is 1. The quantitative estimate of drug-likeness (QED) is 0.860. The smallest absolute Gasteiger partial charge is 0.222 e. The minimum absolute atomic E-state index is 0.117. The Hall–Kier alpha value is -1.59. The molecule has 0 aromatic heterocycles. The first kappa shape index (κ1) is 16.9. The van der Waals surface area contributed by atoms with E-state index in [9.17, 15) is 4.79 Å². The van der Waals surface area contributed by atoms with Gasteiger partial charge in [0.25, 0.3) is 0 Å². The highest BCUT2D eigenvalue weighted by molar-refractivity contribution is 5.77. The second kappa shape index (κ2) is 7.34. The molecular formula is C20H28N2O3. The molecule has 2 heterocycles. The van der Waals surface area contributed by atoms with E-state index in [4.69, 9.17) is 9.47 Å². The summed E-state index contributed by atoms with van der Waals surface area (Å²) >= 11 is 0. The van der Waals surface area contributed by atoms with Gasteiger partial charge in [-0.1, -0.05) is 12.1 Å². The van der Waals surface area contributed by atoms with Gasteiger partial charge in [0.15, 0.2) is 0 Å². The molecule has 5 nitrogen and oxygen atoms in total. The van der Waals surface area contributed by atoms with Gasteiger partial charge in [0, 0.05) is 25.0 Å². The van der Waals surface area contributed by atoms with Gasteiger partial charge in [-0.2, -0.15) is 0 Å². The van der Waals surface area contributed by atoms with Crippen molar-refractivity contribution in [2.45, 2.75) is 44.4 Å². The Bertz CT molecular complexity index is 599. The van der Waals surface area contributed by atoms with Crippen LogP contribution >= 0.6 is 0 Å². The van der Waals surface area contributed by atoms with Crippen LogP contribution in [0.15, 0.2) is 24.3 Å². The Balaban J connectivity index is 1.27. The number of ether oxygens (including phenoxy) is 2. The fourth-order valence-corrected chi connectivity index (χ4v) is 4.20. The molecule has 1 aliphatic carbocycles. The standard InChI is InChI=1S/C20H28N2O3/c1-24-17-6-2-14(3-7-17)11-22-9-8-18-15(12-22)13-25-19(18)10-20(23)21-16-4-5-16/h2-3,6-7,15-16,18-19H,4-5,8-13H2,1H3,(H,21,23)/t15-,18-,19-/m0/s1. The van der Waals surface area contributed by atoms with Crippen LogP contribution in [-0.2, 0) is 16.1 Å². The van der Waals surface area contributed by atoms with Crippen molar-refractivity contribution in [1.82, 2.24) is 10.2 Å². The maximum absolute atomic E-state index is 12.1. The predicted molar refractivity (Wildman–Crippen MR) is 95.4 cm³/mol. The third-order valence-corrected chi connectivity index (χ3v) is 5.77. The monoisotopic (exact) mass is 344 g/mol. The van der Waals surface area contributed by atoms with Crippen LogP contribution in [-0.4, -0.2) is 49.8 Å². The molecule has 2 aliphatic heterocycles. The Kier molecular flexibility index (Phi) is 4.95. The summed E-state index contributed by atoms with van der Waals surface area (Å²) in [4.78, 5) is 14.6. The Morgan fingerprint density at radius 1 is 1.28 bits per heavy atom. The summed E-state index contributed by atoms with van der Waals surface area (Å²) in [5, 5.41) is 3.09. The topological polar surface area (TPSA) is 50.8 Å². The van der Waals surface area contributed by atoms with Crippen molar-refractivity contribution in [2.24, 2.45) is 11.8 Å². The van der Waals surface area contributed by atoms with E-state index in [1.54, 1.807) is 7.11 Å². The van der Waals surface area contributed by atoms with Crippen LogP contribution in [0.4, 0.5) is 0 Å². The maximum Gasteiger partial charge on any atom is 0.222 e. The Morgan fingerprint density at radius 3 is 2.80 bits per heavy atom. The first-order valence-corrected chi connectivity index (χ1v) is 9.47. The minimum Gasteiger partial charge on any atom is -0.497 e. The normalized spacial score (nSPS) is 29.2. The van der Waals surface area contributed by atoms with E-state index in [1.165, 1.54) is 5.56 Å². The van der Waals surface area contributed by atoms with Crippen molar-refractivity contribution < 1.29 is 14.3 Å². The summed E-state index contributed by atoms with van der Waals surface area (Å²) in [6.45, 7) is 3.92. The molecule has 0 radical (unpaired) electrons. The molecule has 3 atom stereocenters. The zero-order chi connectivity index (χ0) is 17.2. The molecule has 2 saturated heterocycles. The van der Waals surface area contributed by atoms with Crippen molar-refractivity contribution in [2.75, 3.05) is 26.8 Å². The van der Waals surface area contributed by atoms with Gasteiger partial charge >= 0.3 is 0 Å². The molecular weight excluding hydrogens is 316 g/mol. The van der Waals surface area contributed by atoms with Gasteiger partial charge in [0.05, 0.1) is 26.2 Å². The zero-order valence-electron chi connectivity index (χ0n) is 14.9. The summed E-state index contributed by atoms with van der Waals surface area (Å²) in [6, 6.07) is 8.77. The molecule has 1 N–H and O–H groups in total. The number of likely N-dealkylation sites (tertiary alicyclic amines) is 1. The number of nitrogens with one attached hydrogen (secondary N) is 1. The molecule has 25 heavy (non-hydrogen) atoms. The summed E-state index contributed by atoms with van der Waals surface area (Å²) in [5.74, 6) is 2.18. The molecule has 0 unspecified atom stereocenters. The average Bonchev–Trinajstić information content (AvgIpc) is 3.35. The van der Waals surface area contributed by atoms with E-state index in [0.29, 0.717) is 24.3 Å². The first-order valence-electron chi connectivity index (χ1n) is 9.47. The maximum atomic E-state index is 12.1. The highest BCUT2D eigenvalue weighted by atomic mass is 16.5. The summed E-state index contributed by atoms with van der Waals surface area (Å²) in [5.41, 5.74) is 1.32. The molecule has 0 spiro atoms.